The van der Waals surface area contributed by atoms with Crippen molar-refractivity contribution in [1.29, 1.82) is 5.26 Å². The minimum Gasteiger partial charge on any atom is -0.367 e. The molecule has 1 heterocycles. The van der Waals surface area contributed by atoms with Gasteiger partial charge in [0, 0.05) is 11.4 Å². The second kappa shape index (κ2) is 5.73. The maximum atomic E-state index is 9.34. The summed E-state index contributed by atoms with van der Waals surface area (Å²) in [6.07, 6.45) is 3.62. The molecule has 3 rings (SSSR count). The molecule has 21 heavy (non-hydrogen) atoms. The van der Waals surface area contributed by atoms with Gasteiger partial charge >= 0.3 is 0 Å². The third kappa shape index (κ3) is 2.85. The van der Waals surface area contributed by atoms with Crippen LogP contribution in [0.4, 0.5) is 5.82 Å². The zero-order chi connectivity index (χ0) is 14.8. The van der Waals surface area contributed by atoms with Gasteiger partial charge < -0.3 is 5.32 Å². The van der Waals surface area contributed by atoms with E-state index in [0.717, 1.165) is 28.6 Å². The molecule has 3 unspecified atom stereocenters. The minimum atomic E-state index is 0.469. The Morgan fingerprint density at radius 2 is 2.00 bits per heavy atom. The smallest absolute Gasteiger partial charge is 0.128 e. The molecule has 0 aliphatic heterocycles. The number of anilines is 1. The summed E-state index contributed by atoms with van der Waals surface area (Å²) in [5.41, 5.74) is 1.58. The van der Waals surface area contributed by atoms with Crippen LogP contribution in [-0.4, -0.2) is 11.0 Å². The van der Waals surface area contributed by atoms with E-state index >= 15 is 0 Å². The Balaban J connectivity index is 1.86. The average Bonchev–Trinajstić information content (AvgIpc) is 2.50. The fourth-order valence-corrected chi connectivity index (χ4v) is 3.23. The van der Waals surface area contributed by atoms with E-state index in [1.807, 2.05) is 30.3 Å². The van der Waals surface area contributed by atoms with E-state index in [1.165, 1.54) is 19.3 Å². The quantitative estimate of drug-likeness (QED) is 0.889. The van der Waals surface area contributed by atoms with Crippen LogP contribution in [0.15, 0.2) is 30.3 Å². The summed E-state index contributed by atoms with van der Waals surface area (Å²) < 4.78 is 0. The zero-order valence-electron chi connectivity index (χ0n) is 12.6. The van der Waals surface area contributed by atoms with E-state index in [9.17, 15) is 5.26 Å². The molecule has 108 valence electrons. The summed E-state index contributed by atoms with van der Waals surface area (Å²) in [5.74, 6) is 2.38. The molecule has 0 amide bonds. The maximum Gasteiger partial charge on any atom is 0.128 e. The van der Waals surface area contributed by atoms with E-state index in [2.05, 4.69) is 30.2 Å². The van der Waals surface area contributed by atoms with Crippen molar-refractivity contribution in [2.75, 3.05) is 5.32 Å². The van der Waals surface area contributed by atoms with Gasteiger partial charge in [-0.05, 0) is 43.2 Å². The predicted molar refractivity (Wildman–Crippen MR) is 86.0 cm³/mol. The lowest BCUT2D eigenvalue weighted by Crippen LogP contribution is -2.30. The van der Waals surface area contributed by atoms with Crippen LogP contribution in [0.1, 0.15) is 38.7 Å². The number of nitrogens with zero attached hydrogens (tertiary/aromatic N) is 2. The van der Waals surface area contributed by atoms with Crippen molar-refractivity contribution in [1.82, 2.24) is 4.98 Å². The number of para-hydroxylation sites is 1. The highest BCUT2D eigenvalue weighted by molar-refractivity contribution is 5.86. The van der Waals surface area contributed by atoms with Crippen LogP contribution in [0.5, 0.6) is 0 Å². The number of nitriles is 1. The SMILES string of the molecule is CC1CCC(Nc2cc(C#N)c3ccccc3n2)CC1C. The van der Waals surface area contributed by atoms with Gasteiger partial charge in [0.1, 0.15) is 5.82 Å². The van der Waals surface area contributed by atoms with Crippen molar-refractivity contribution >= 4 is 16.7 Å². The molecule has 1 aliphatic carbocycles. The number of benzene rings is 1. The normalized spacial score (nSPS) is 25.5. The van der Waals surface area contributed by atoms with Crippen molar-refractivity contribution in [2.24, 2.45) is 11.8 Å². The van der Waals surface area contributed by atoms with Gasteiger partial charge in [-0.1, -0.05) is 32.0 Å². The van der Waals surface area contributed by atoms with Crippen LogP contribution >= 0.6 is 0 Å². The minimum absolute atomic E-state index is 0.469. The number of hydrogen-bond acceptors (Lipinski definition) is 3. The number of fused-ring (bicyclic) bond motifs is 1. The second-order valence-electron chi connectivity index (χ2n) is 6.29. The van der Waals surface area contributed by atoms with Gasteiger partial charge in [-0.25, -0.2) is 4.98 Å². The van der Waals surface area contributed by atoms with Crippen molar-refractivity contribution < 1.29 is 0 Å². The largest absolute Gasteiger partial charge is 0.367 e. The third-order valence-electron chi connectivity index (χ3n) is 4.79. The molecule has 3 nitrogen and oxygen atoms in total. The monoisotopic (exact) mass is 279 g/mol. The van der Waals surface area contributed by atoms with Gasteiger partial charge in [0.25, 0.3) is 0 Å². The van der Waals surface area contributed by atoms with Crippen LogP contribution < -0.4 is 5.32 Å². The first-order chi connectivity index (χ1) is 10.2. The summed E-state index contributed by atoms with van der Waals surface area (Å²) in [4.78, 5) is 4.66. The molecule has 0 spiro atoms. The van der Waals surface area contributed by atoms with Gasteiger partial charge in [-0.15, -0.1) is 0 Å². The third-order valence-corrected chi connectivity index (χ3v) is 4.79. The molecule has 1 aromatic carbocycles. The molecule has 3 heteroatoms. The highest BCUT2D eigenvalue weighted by Gasteiger charge is 2.24. The van der Waals surface area contributed by atoms with E-state index in [4.69, 9.17) is 0 Å². The summed E-state index contributed by atoms with van der Waals surface area (Å²) in [6, 6.07) is 12.5. The van der Waals surface area contributed by atoms with E-state index in [0.29, 0.717) is 11.6 Å². The second-order valence-corrected chi connectivity index (χ2v) is 6.29. The van der Waals surface area contributed by atoms with Crippen LogP contribution in [0.2, 0.25) is 0 Å². The van der Waals surface area contributed by atoms with Crippen LogP contribution in [-0.2, 0) is 0 Å². The van der Waals surface area contributed by atoms with Crippen LogP contribution in [0.25, 0.3) is 10.9 Å². The molecule has 1 aromatic heterocycles. The lowest BCUT2D eigenvalue weighted by molar-refractivity contribution is 0.260. The lowest BCUT2D eigenvalue weighted by Gasteiger charge is -2.32. The molecule has 1 aliphatic rings. The molecule has 0 bridgehead atoms. The Labute approximate surface area is 126 Å². The summed E-state index contributed by atoms with van der Waals surface area (Å²) in [6.45, 7) is 4.66. The fourth-order valence-electron chi connectivity index (χ4n) is 3.23. The van der Waals surface area contributed by atoms with Crippen LogP contribution in [0, 0.1) is 23.2 Å². The number of hydrogen-bond donors (Lipinski definition) is 1. The van der Waals surface area contributed by atoms with Gasteiger partial charge in [0.05, 0.1) is 17.1 Å². The van der Waals surface area contributed by atoms with Gasteiger partial charge in [0.2, 0.25) is 0 Å². The molecule has 3 atom stereocenters. The Kier molecular flexibility index (Phi) is 3.79. The first-order valence-electron chi connectivity index (χ1n) is 7.74. The number of rotatable bonds is 2. The molecular formula is C18H21N3. The number of pyridine rings is 1. The Morgan fingerprint density at radius 1 is 1.19 bits per heavy atom. The fraction of sp³-hybridized carbons (Fsp3) is 0.444. The van der Waals surface area contributed by atoms with E-state index in [-0.39, 0.29) is 0 Å². The maximum absolute atomic E-state index is 9.34. The standard InChI is InChI=1S/C18H21N3/c1-12-7-8-15(9-13(12)2)20-18-10-14(11-19)16-5-3-4-6-17(16)21-18/h3-6,10,12-13,15H,7-9H2,1-2H3,(H,20,21). The zero-order valence-corrected chi connectivity index (χ0v) is 12.6. The molecule has 2 aromatic rings. The topological polar surface area (TPSA) is 48.7 Å². The Morgan fingerprint density at radius 3 is 2.76 bits per heavy atom. The Hall–Kier alpha value is -2.08. The highest BCUT2D eigenvalue weighted by atomic mass is 15.0. The molecular weight excluding hydrogens is 258 g/mol. The molecule has 1 N–H and O–H groups in total. The van der Waals surface area contributed by atoms with Gasteiger partial charge in [0.15, 0.2) is 0 Å². The van der Waals surface area contributed by atoms with E-state index < -0.39 is 0 Å². The van der Waals surface area contributed by atoms with Crippen molar-refractivity contribution in [3.05, 3.63) is 35.9 Å². The predicted octanol–water partition coefficient (Wildman–Crippen LogP) is 4.34. The molecule has 1 fully saturated rings. The molecule has 1 saturated carbocycles. The lowest BCUT2D eigenvalue weighted by atomic mass is 9.79. The Bertz CT molecular complexity index is 686. The number of nitrogens with one attached hydrogen (secondary N) is 1. The van der Waals surface area contributed by atoms with Crippen molar-refractivity contribution in [3.63, 3.8) is 0 Å². The molecule has 0 radical (unpaired) electrons. The first kappa shape index (κ1) is 13.9. The highest BCUT2D eigenvalue weighted by Crippen LogP contribution is 2.31. The summed E-state index contributed by atoms with van der Waals surface area (Å²) in [5, 5.41) is 13.8. The van der Waals surface area contributed by atoms with Crippen LogP contribution in [0.3, 0.4) is 0 Å². The first-order valence-corrected chi connectivity index (χ1v) is 7.74. The van der Waals surface area contributed by atoms with Gasteiger partial charge in [-0.2, -0.15) is 5.26 Å². The average molecular weight is 279 g/mol. The van der Waals surface area contributed by atoms with E-state index in [1.54, 1.807) is 0 Å². The number of aromatic nitrogens is 1. The summed E-state index contributed by atoms with van der Waals surface area (Å²) in [7, 11) is 0. The molecule has 0 saturated heterocycles. The van der Waals surface area contributed by atoms with Crippen molar-refractivity contribution in [2.45, 2.75) is 39.2 Å². The van der Waals surface area contributed by atoms with Crippen molar-refractivity contribution in [3.8, 4) is 6.07 Å². The summed E-state index contributed by atoms with van der Waals surface area (Å²) >= 11 is 0. The van der Waals surface area contributed by atoms with Gasteiger partial charge in [-0.3, -0.25) is 0 Å².